The Hall–Kier alpha value is -4.17. The van der Waals surface area contributed by atoms with E-state index in [4.69, 9.17) is 17.0 Å². The zero-order valence-corrected chi connectivity index (χ0v) is 24.2. The highest BCUT2D eigenvalue weighted by molar-refractivity contribution is 7.80. The molecule has 2 aromatic heterocycles. The number of carbonyl (C=O) groups excluding carboxylic acids is 1. The van der Waals surface area contributed by atoms with E-state index in [1.165, 1.54) is 5.56 Å². The molecule has 0 aliphatic carbocycles. The number of methoxy groups -OCH3 is 1. The Morgan fingerprint density at radius 3 is 2.52 bits per heavy atom. The van der Waals surface area contributed by atoms with Crippen molar-refractivity contribution in [2.45, 2.75) is 45.7 Å². The van der Waals surface area contributed by atoms with Crippen LogP contribution in [0.15, 0.2) is 79.0 Å². The molecule has 2 aromatic carbocycles. The number of aromatic nitrogens is 2. The second kappa shape index (κ2) is 11.9. The number of hydrogen-bond acceptors (Lipinski definition) is 4. The number of aryl methyl sites for hydroxylation is 2. The minimum Gasteiger partial charge on any atom is -0.495 e. The van der Waals surface area contributed by atoms with Crippen LogP contribution in [0.1, 0.15) is 53.6 Å². The van der Waals surface area contributed by atoms with Gasteiger partial charge in [-0.25, -0.2) is 0 Å². The number of anilines is 1. The fraction of sp³-hybridized carbons (Fsp3) is 0.281. The third-order valence-electron chi connectivity index (χ3n) is 7.55. The number of benzene rings is 2. The van der Waals surface area contributed by atoms with Crippen LogP contribution in [0, 0.1) is 13.8 Å². The highest BCUT2D eigenvalue weighted by Gasteiger charge is 2.41. The molecule has 0 saturated carbocycles. The van der Waals surface area contributed by atoms with E-state index < -0.39 is 0 Å². The van der Waals surface area contributed by atoms with Gasteiger partial charge in [0.2, 0.25) is 5.91 Å². The predicted molar refractivity (Wildman–Crippen MR) is 163 cm³/mol. The number of rotatable bonds is 9. The molecule has 7 nitrogen and oxygen atoms in total. The van der Waals surface area contributed by atoms with E-state index in [-0.39, 0.29) is 24.4 Å². The highest BCUT2D eigenvalue weighted by atomic mass is 32.1. The summed E-state index contributed by atoms with van der Waals surface area (Å²) < 4.78 is 7.68. The van der Waals surface area contributed by atoms with Gasteiger partial charge in [-0.1, -0.05) is 37.3 Å². The molecule has 0 bridgehead atoms. The van der Waals surface area contributed by atoms with Crippen molar-refractivity contribution in [2.24, 2.45) is 0 Å². The molecule has 0 radical (unpaired) electrons. The van der Waals surface area contributed by atoms with Crippen molar-refractivity contribution in [3.8, 4) is 11.4 Å². The van der Waals surface area contributed by atoms with Gasteiger partial charge in [0, 0.05) is 36.2 Å². The maximum Gasteiger partial charge on any atom is 0.226 e. The van der Waals surface area contributed by atoms with Gasteiger partial charge in [0.15, 0.2) is 5.11 Å². The Bertz CT molecular complexity index is 1500. The van der Waals surface area contributed by atoms with Crippen molar-refractivity contribution >= 4 is 28.9 Å². The first-order valence-corrected chi connectivity index (χ1v) is 14.0. The Morgan fingerprint density at radius 2 is 1.82 bits per heavy atom. The summed E-state index contributed by atoms with van der Waals surface area (Å²) in [6.07, 6.45) is 3.08. The highest BCUT2D eigenvalue weighted by Crippen LogP contribution is 2.41. The van der Waals surface area contributed by atoms with Crippen molar-refractivity contribution in [3.63, 3.8) is 0 Å². The third-order valence-corrected chi connectivity index (χ3v) is 7.90. The summed E-state index contributed by atoms with van der Waals surface area (Å²) in [6, 6.07) is 24.0. The normalized spacial score (nSPS) is 16.6. The lowest BCUT2D eigenvalue weighted by molar-refractivity contribution is -0.116. The Balaban J connectivity index is 1.46. The van der Waals surface area contributed by atoms with Crippen LogP contribution < -0.4 is 15.4 Å². The van der Waals surface area contributed by atoms with Crippen LogP contribution in [0.4, 0.5) is 5.69 Å². The van der Waals surface area contributed by atoms with Gasteiger partial charge in [0.25, 0.3) is 0 Å². The van der Waals surface area contributed by atoms with Crippen LogP contribution in [0.25, 0.3) is 5.69 Å². The van der Waals surface area contributed by atoms with Crippen molar-refractivity contribution in [2.75, 3.05) is 19.0 Å². The molecular weight excluding hydrogens is 518 g/mol. The molecule has 1 fully saturated rings. The molecule has 1 amide bonds. The van der Waals surface area contributed by atoms with Crippen LogP contribution in [0.5, 0.6) is 5.75 Å². The summed E-state index contributed by atoms with van der Waals surface area (Å²) in [5.41, 5.74) is 7.44. The van der Waals surface area contributed by atoms with Gasteiger partial charge in [0.1, 0.15) is 5.75 Å². The molecule has 0 spiro atoms. The Kier molecular flexibility index (Phi) is 8.16. The molecule has 4 aromatic rings. The van der Waals surface area contributed by atoms with Gasteiger partial charge in [-0.15, -0.1) is 0 Å². The average Bonchev–Trinajstić information content (AvgIpc) is 3.46. The van der Waals surface area contributed by atoms with E-state index >= 15 is 0 Å². The molecule has 5 rings (SSSR count). The number of amides is 1. The summed E-state index contributed by atoms with van der Waals surface area (Å²) in [7, 11) is 1.59. The summed E-state index contributed by atoms with van der Waals surface area (Å²) in [4.78, 5) is 19.8. The minimum absolute atomic E-state index is 0.103. The topological polar surface area (TPSA) is 71.4 Å². The predicted octanol–water partition coefficient (Wildman–Crippen LogP) is 6.06. The van der Waals surface area contributed by atoms with Gasteiger partial charge in [-0.2, -0.15) is 0 Å². The summed E-state index contributed by atoms with van der Waals surface area (Å²) >= 11 is 5.85. The molecule has 2 N–H and O–H groups in total. The SMILES string of the molecule is CCc1ccc(-n2c(C)cc([C@H]3[C@H](c4ccccn4)NC(=S)N3CCC(=O)Nc3ccccc3OC)c2C)cc1. The molecule has 0 unspecified atom stereocenters. The third kappa shape index (κ3) is 5.45. The van der Waals surface area contributed by atoms with E-state index in [1.807, 2.05) is 42.5 Å². The fourth-order valence-corrected chi connectivity index (χ4v) is 5.86. The van der Waals surface area contributed by atoms with Crippen molar-refractivity contribution < 1.29 is 9.53 Å². The van der Waals surface area contributed by atoms with Gasteiger partial charge in [-0.3, -0.25) is 9.78 Å². The number of para-hydroxylation sites is 2. The van der Waals surface area contributed by atoms with Gasteiger partial charge < -0.3 is 24.8 Å². The van der Waals surface area contributed by atoms with E-state index in [0.717, 1.165) is 34.8 Å². The first-order chi connectivity index (χ1) is 19.4. The van der Waals surface area contributed by atoms with Gasteiger partial charge in [-0.05, 0) is 86.1 Å². The van der Waals surface area contributed by atoms with E-state index in [1.54, 1.807) is 13.3 Å². The van der Waals surface area contributed by atoms with Crippen LogP contribution >= 0.6 is 12.2 Å². The second-order valence-corrected chi connectivity index (χ2v) is 10.4. The zero-order chi connectivity index (χ0) is 28.2. The first kappa shape index (κ1) is 27.4. The van der Waals surface area contributed by atoms with Crippen LogP contribution in [0.2, 0.25) is 0 Å². The number of thiocarbonyl (C=S) groups is 1. The standard InChI is InChI=1S/C32H35N5O2S/c1-5-23-13-15-24(16-14-23)37-21(2)20-25(22(37)3)31-30(27-11-8-9-18-33-27)35-32(40)36(31)19-17-29(38)34-26-10-6-7-12-28(26)39-4/h6-16,18,20,30-31H,5,17,19H2,1-4H3,(H,34,38)(H,35,40)/t30-,31-/m0/s1. The Labute approximate surface area is 241 Å². The molecule has 1 aliphatic rings. The largest absolute Gasteiger partial charge is 0.495 e. The number of nitrogens with one attached hydrogen (secondary N) is 2. The van der Waals surface area contributed by atoms with E-state index in [2.05, 4.69) is 76.2 Å². The molecule has 3 heterocycles. The smallest absolute Gasteiger partial charge is 0.226 e. The second-order valence-electron chi connectivity index (χ2n) is 10.0. The van der Waals surface area contributed by atoms with Gasteiger partial charge >= 0.3 is 0 Å². The lowest BCUT2D eigenvalue weighted by Gasteiger charge is -2.28. The molecule has 40 heavy (non-hydrogen) atoms. The number of pyridine rings is 1. The quantitative estimate of drug-likeness (QED) is 0.246. The molecule has 8 heteroatoms. The molecule has 206 valence electrons. The molecule has 2 atom stereocenters. The zero-order valence-electron chi connectivity index (χ0n) is 23.3. The van der Waals surface area contributed by atoms with Crippen LogP contribution in [-0.4, -0.2) is 39.1 Å². The number of carbonyl (C=O) groups is 1. The minimum atomic E-state index is -0.151. The van der Waals surface area contributed by atoms with Crippen molar-refractivity contribution in [1.29, 1.82) is 0 Å². The summed E-state index contributed by atoms with van der Waals surface area (Å²) in [6.45, 7) is 6.90. The first-order valence-electron chi connectivity index (χ1n) is 13.6. The monoisotopic (exact) mass is 553 g/mol. The number of nitrogens with zero attached hydrogens (tertiary/aromatic N) is 3. The van der Waals surface area contributed by atoms with Crippen molar-refractivity contribution in [1.82, 2.24) is 19.8 Å². The van der Waals surface area contributed by atoms with Gasteiger partial charge in [0.05, 0.1) is 30.6 Å². The lowest BCUT2D eigenvalue weighted by Crippen LogP contribution is -2.33. The average molecular weight is 554 g/mol. The maximum absolute atomic E-state index is 13.0. The van der Waals surface area contributed by atoms with Crippen LogP contribution in [-0.2, 0) is 11.2 Å². The molecular formula is C32H35N5O2S. The number of hydrogen-bond donors (Lipinski definition) is 2. The lowest BCUT2D eigenvalue weighted by atomic mass is 9.96. The fourth-order valence-electron chi connectivity index (χ4n) is 5.53. The van der Waals surface area contributed by atoms with Crippen molar-refractivity contribution in [3.05, 3.63) is 107 Å². The maximum atomic E-state index is 13.0. The van der Waals surface area contributed by atoms with E-state index in [0.29, 0.717) is 23.1 Å². The number of ether oxygens (including phenoxy) is 1. The Morgan fingerprint density at radius 1 is 1.07 bits per heavy atom. The molecule has 1 aliphatic heterocycles. The molecule has 1 saturated heterocycles. The van der Waals surface area contributed by atoms with E-state index in [9.17, 15) is 4.79 Å². The summed E-state index contributed by atoms with van der Waals surface area (Å²) in [5, 5.41) is 7.10. The van der Waals surface area contributed by atoms with Crippen LogP contribution in [0.3, 0.4) is 0 Å². The summed E-state index contributed by atoms with van der Waals surface area (Å²) in [5.74, 6) is 0.524.